The van der Waals surface area contributed by atoms with Gasteiger partial charge in [-0.1, -0.05) is 32.4 Å². The lowest BCUT2D eigenvalue weighted by Crippen LogP contribution is -2.31. The third-order valence-corrected chi connectivity index (χ3v) is 3.15. The van der Waals surface area contributed by atoms with Crippen molar-refractivity contribution in [1.29, 1.82) is 0 Å². The van der Waals surface area contributed by atoms with Gasteiger partial charge >= 0.3 is 0 Å². The van der Waals surface area contributed by atoms with Crippen molar-refractivity contribution in [3.63, 3.8) is 0 Å². The van der Waals surface area contributed by atoms with Crippen LogP contribution in [0.5, 0.6) is 0 Å². The molecule has 0 aromatic carbocycles. The summed E-state index contributed by atoms with van der Waals surface area (Å²) < 4.78 is 1.88. The first-order chi connectivity index (χ1) is 8.19. The zero-order valence-corrected chi connectivity index (χ0v) is 11.3. The van der Waals surface area contributed by atoms with Crippen LogP contribution in [0.4, 0.5) is 0 Å². The standard InChI is InChI=1S/C12H25N5/c1-4-11(3)9-16(5-2)6-7-17-10-12(8-13)14-15-17/h10-11H,4-9,13H2,1-3H3. The highest BCUT2D eigenvalue weighted by Gasteiger charge is 2.07. The Morgan fingerprint density at radius 2 is 2.24 bits per heavy atom. The Morgan fingerprint density at radius 1 is 1.47 bits per heavy atom. The van der Waals surface area contributed by atoms with Crippen molar-refractivity contribution in [3.05, 3.63) is 11.9 Å². The summed E-state index contributed by atoms with van der Waals surface area (Å²) in [6, 6.07) is 0. The maximum absolute atomic E-state index is 5.50. The molecule has 0 aliphatic rings. The van der Waals surface area contributed by atoms with Gasteiger partial charge in [-0.05, 0) is 12.5 Å². The van der Waals surface area contributed by atoms with Gasteiger partial charge in [0.05, 0.1) is 12.2 Å². The van der Waals surface area contributed by atoms with Crippen LogP contribution in [0.15, 0.2) is 6.20 Å². The molecule has 17 heavy (non-hydrogen) atoms. The molecule has 1 heterocycles. The summed E-state index contributed by atoms with van der Waals surface area (Å²) in [7, 11) is 0. The van der Waals surface area contributed by atoms with Gasteiger partial charge in [0.1, 0.15) is 0 Å². The average Bonchev–Trinajstić information content (AvgIpc) is 2.82. The third-order valence-electron chi connectivity index (χ3n) is 3.15. The van der Waals surface area contributed by atoms with E-state index in [9.17, 15) is 0 Å². The van der Waals surface area contributed by atoms with Crippen molar-refractivity contribution >= 4 is 0 Å². The highest BCUT2D eigenvalue weighted by atomic mass is 15.4. The normalized spacial score (nSPS) is 13.2. The van der Waals surface area contributed by atoms with Gasteiger partial charge in [-0.2, -0.15) is 0 Å². The summed E-state index contributed by atoms with van der Waals surface area (Å²) in [5.74, 6) is 0.755. The molecule has 5 heteroatoms. The number of rotatable bonds is 8. The molecular weight excluding hydrogens is 214 g/mol. The lowest BCUT2D eigenvalue weighted by molar-refractivity contribution is 0.233. The molecule has 0 fully saturated rings. The van der Waals surface area contributed by atoms with Crippen LogP contribution in [0.2, 0.25) is 0 Å². The fourth-order valence-electron chi connectivity index (χ4n) is 1.73. The predicted molar refractivity (Wildman–Crippen MR) is 69.5 cm³/mol. The fraction of sp³-hybridized carbons (Fsp3) is 0.833. The maximum Gasteiger partial charge on any atom is 0.0962 e. The average molecular weight is 239 g/mol. The smallest absolute Gasteiger partial charge is 0.0962 e. The van der Waals surface area contributed by atoms with Crippen LogP contribution in [-0.4, -0.2) is 39.5 Å². The Balaban J connectivity index is 2.36. The first-order valence-corrected chi connectivity index (χ1v) is 6.51. The summed E-state index contributed by atoms with van der Waals surface area (Å²) >= 11 is 0. The molecule has 1 atom stereocenters. The number of nitrogens with two attached hydrogens (primary N) is 1. The van der Waals surface area contributed by atoms with Crippen LogP contribution >= 0.6 is 0 Å². The first-order valence-electron chi connectivity index (χ1n) is 6.51. The number of hydrogen-bond acceptors (Lipinski definition) is 4. The van der Waals surface area contributed by atoms with Crippen LogP contribution in [0.1, 0.15) is 32.9 Å². The van der Waals surface area contributed by atoms with E-state index in [0.29, 0.717) is 6.54 Å². The van der Waals surface area contributed by atoms with E-state index < -0.39 is 0 Å². The van der Waals surface area contributed by atoms with Gasteiger partial charge in [-0.15, -0.1) is 5.10 Å². The number of likely N-dealkylation sites (N-methyl/N-ethyl adjacent to an activating group) is 1. The summed E-state index contributed by atoms with van der Waals surface area (Å²) in [5, 5.41) is 8.04. The maximum atomic E-state index is 5.50. The third kappa shape index (κ3) is 4.83. The molecule has 1 unspecified atom stereocenters. The zero-order chi connectivity index (χ0) is 12.7. The van der Waals surface area contributed by atoms with E-state index in [2.05, 4.69) is 36.0 Å². The summed E-state index contributed by atoms with van der Waals surface area (Å²) in [6.07, 6.45) is 3.16. The minimum Gasteiger partial charge on any atom is -0.325 e. The van der Waals surface area contributed by atoms with E-state index in [1.165, 1.54) is 6.42 Å². The van der Waals surface area contributed by atoms with Crippen molar-refractivity contribution in [2.45, 2.75) is 40.3 Å². The van der Waals surface area contributed by atoms with Crippen molar-refractivity contribution in [3.8, 4) is 0 Å². The molecule has 0 aliphatic carbocycles. The Labute approximate surface area is 104 Å². The highest BCUT2D eigenvalue weighted by Crippen LogP contribution is 2.04. The second-order valence-electron chi connectivity index (χ2n) is 4.58. The monoisotopic (exact) mass is 239 g/mol. The summed E-state index contributed by atoms with van der Waals surface area (Å²) in [5.41, 5.74) is 6.36. The molecule has 0 saturated heterocycles. The second kappa shape index (κ2) is 7.40. The molecule has 0 aliphatic heterocycles. The van der Waals surface area contributed by atoms with Crippen molar-refractivity contribution in [2.24, 2.45) is 11.7 Å². The minimum absolute atomic E-state index is 0.463. The Kier molecular flexibility index (Phi) is 6.15. The van der Waals surface area contributed by atoms with E-state index in [1.807, 2.05) is 10.9 Å². The van der Waals surface area contributed by atoms with Gasteiger partial charge in [0, 0.05) is 25.8 Å². The Bertz CT molecular complexity index is 310. The van der Waals surface area contributed by atoms with Crippen LogP contribution in [0, 0.1) is 5.92 Å². The molecule has 98 valence electrons. The highest BCUT2D eigenvalue weighted by molar-refractivity contribution is 4.90. The molecule has 0 bridgehead atoms. The van der Waals surface area contributed by atoms with E-state index in [4.69, 9.17) is 5.73 Å². The molecule has 0 saturated carbocycles. The van der Waals surface area contributed by atoms with E-state index >= 15 is 0 Å². The Hall–Kier alpha value is -0.940. The first kappa shape index (κ1) is 14.1. The number of aromatic nitrogens is 3. The molecular formula is C12H25N5. The molecule has 5 nitrogen and oxygen atoms in total. The number of hydrogen-bond donors (Lipinski definition) is 1. The Morgan fingerprint density at radius 3 is 2.76 bits per heavy atom. The predicted octanol–water partition coefficient (Wildman–Crippen LogP) is 1.10. The van der Waals surface area contributed by atoms with Gasteiger partial charge in [0.15, 0.2) is 0 Å². The van der Waals surface area contributed by atoms with Crippen LogP contribution in [0.25, 0.3) is 0 Å². The number of nitrogens with zero attached hydrogens (tertiary/aromatic N) is 4. The fourth-order valence-corrected chi connectivity index (χ4v) is 1.73. The minimum atomic E-state index is 0.463. The topological polar surface area (TPSA) is 60.0 Å². The van der Waals surface area contributed by atoms with Crippen LogP contribution in [0.3, 0.4) is 0 Å². The van der Waals surface area contributed by atoms with E-state index in [0.717, 1.165) is 37.8 Å². The lowest BCUT2D eigenvalue weighted by Gasteiger charge is -2.23. The van der Waals surface area contributed by atoms with Gasteiger partial charge in [0.25, 0.3) is 0 Å². The molecule has 0 amide bonds. The van der Waals surface area contributed by atoms with Crippen LogP contribution < -0.4 is 5.73 Å². The largest absolute Gasteiger partial charge is 0.325 e. The molecule has 2 N–H and O–H groups in total. The lowest BCUT2D eigenvalue weighted by atomic mass is 10.1. The molecule has 1 aromatic heterocycles. The van der Waals surface area contributed by atoms with E-state index in [1.54, 1.807) is 0 Å². The van der Waals surface area contributed by atoms with Crippen molar-refractivity contribution < 1.29 is 0 Å². The van der Waals surface area contributed by atoms with Gasteiger partial charge in [-0.25, -0.2) is 0 Å². The summed E-state index contributed by atoms with van der Waals surface area (Å²) in [4.78, 5) is 2.46. The van der Waals surface area contributed by atoms with Crippen molar-refractivity contribution in [1.82, 2.24) is 19.9 Å². The van der Waals surface area contributed by atoms with Gasteiger partial charge < -0.3 is 10.6 Å². The quantitative estimate of drug-likeness (QED) is 0.738. The molecule has 0 spiro atoms. The zero-order valence-electron chi connectivity index (χ0n) is 11.3. The molecule has 1 rings (SSSR count). The summed E-state index contributed by atoms with van der Waals surface area (Å²) in [6.45, 7) is 11.4. The van der Waals surface area contributed by atoms with E-state index in [-0.39, 0.29) is 0 Å². The van der Waals surface area contributed by atoms with Crippen molar-refractivity contribution in [2.75, 3.05) is 19.6 Å². The molecule has 0 radical (unpaired) electrons. The van der Waals surface area contributed by atoms with Crippen LogP contribution in [-0.2, 0) is 13.1 Å². The SMILES string of the molecule is CCC(C)CN(CC)CCn1cc(CN)nn1. The van der Waals surface area contributed by atoms with Gasteiger partial charge in [-0.3, -0.25) is 4.68 Å². The second-order valence-corrected chi connectivity index (χ2v) is 4.58. The van der Waals surface area contributed by atoms with Gasteiger partial charge in [0.2, 0.25) is 0 Å². The molecule has 1 aromatic rings.